The molecule has 2 rings (SSSR count). The normalized spacial score (nSPS) is 10.5. The molecule has 0 fully saturated rings. The summed E-state index contributed by atoms with van der Waals surface area (Å²) in [6.07, 6.45) is 2.22. The van der Waals surface area contributed by atoms with Crippen molar-refractivity contribution in [3.8, 4) is 5.75 Å². The summed E-state index contributed by atoms with van der Waals surface area (Å²) in [4.78, 5) is 1.30. The first-order valence-corrected chi connectivity index (χ1v) is 9.09. The van der Waals surface area contributed by atoms with Gasteiger partial charge >= 0.3 is 0 Å². The molecule has 4 heteroatoms. The van der Waals surface area contributed by atoms with E-state index in [0.717, 1.165) is 35.4 Å². The van der Waals surface area contributed by atoms with E-state index >= 15 is 0 Å². The lowest BCUT2D eigenvalue weighted by atomic mass is 10.3. The van der Waals surface area contributed by atoms with E-state index in [1.54, 1.807) is 0 Å². The van der Waals surface area contributed by atoms with Crippen molar-refractivity contribution < 1.29 is 4.74 Å². The number of thioether (sulfide) groups is 1. The van der Waals surface area contributed by atoms with Crippen LogP contribution in [-0.2, 0) is 0 Å². The molecule has 0 heterocycles. The molecule has 0 N–H and O–H groups in total. The molecule has 0 aliphatic heterocycles. The molecule has 0 spiro atoms. The highest BCUT2D eigenvalue weighted by molar-refractivity contribution is 9.10. The summed E-state index contributed by atoms with van der Waals surface area (Å²) in [6, 6.07) is 16.3. The second-order valence-corrected chi connectivity index (χ2v) is 7.11. The summed E-state index contributed by atoms with van der Waals surface area (Å²) in [7, 11) is 0. The quantitative estimate of drug-likeness (QED) is 0.395. The number of hydrogen-bond acceptors (Lipinski definition) is 2. The lowest BCUT2D eigenvalue weighted by Gasteiger charge is -2.08. The van der Waals surface area contributed by atoms with Gasteiger partial charge in [-0.25, -0.2) is 0 Å². The lowest BCUT2D eigenvalue weighted by molar-refractivity contribution is 0.308. The van der Waals surface area contributed by atoms with E-state index in [1.807, 2.05) is 42.1 Å². The average Bonchev–Trinajstić information content (AvgIpc) is 2.46. The highest BCUT2D eigenvalue weighted by Gasteiger charge is 2.00. The summed E-state index contributed by atoms with van der Waals surface area (Å²) in [5.41, 5.74) is 0. The number of hydrogen-bond donors (Lipinski definition) is 0. The SMILES string of the molecule is Brc1ccccc1OCCCCSc1ccccc1Br. The van der Waals surface area contributed by atoms with Gasteiger partial charge in [0.05, 0.1) is 11.1 Å². The number of para-hydroxylation sites is 1. The number of halogens is 2. The Balaban J connectivity index is 1.63. The van der Waals surface area contributed by atoms with Crippen LogP contribution >= 0.6 is 43.6 Å². The third kappa shape index (κ3) is 5.15. The highest BCUT2D eigenvalue weighted by Crippen LogP contribution is 2.28. The third-order valence-corrected chi connectivity index (χ3v) is 5.50. The Morgan fingerprint density at radius 1 is 0.850 bits per heavy atom. The van der Waals surface area contributed by atoms with Crippen LogP contribution in [0.2, 0.25) is 0 Å². The van der Waals surface area contributed by atoms with Gasteiger partial charge in [0, 0.05) is 9.37 Å². The Bertz CT molecular complexity index is 496. The molecule has 0 saturated carbocycles. The summed E-state index contributed by atoms with van der Waals surface area (Å²) in [5, 5.41) is 0. The fraction of sp³-hybridized carbons (Fsp3) is 0.250. The standard InChI is InChI=1S/C16H16Br2OS/c17-13-7-1-3-9-15(13)19-11-5-6-12-20-16-10-4-2-8-14(16)18/h1-4,7-10H,5-6,11-12H2. The number of unbranched alkanes of at least 4 members (excludes halogenated alkanes) is 1. The largest absolute Gasteiger partial charge is 0.492 e. The van der Waals surface area contributed by atoms with Crippen LogP contribution in [0, 0.1) is 0 Å². The van der Waals surface area contributed by atoms with E-state index in [2.05, 4.69) is 50.1 Å². The van der Waals surface area contributed by atoms with Gasteiger partial charge in [0.2, 0.25) is 0 Å². The Kier molecular flexibility index (Phi) is 6.97. The van der Waals surface area contributed by atoms with Crippen LogP contribution in [0.4, 0.5) is 0 Å². The molecule has 106 valence electrons. The molecule has 0 aliphatic carbocycles. The monoisotopic (exact) mass is 414 g/mol. The van der Waals surface area contributed by atoms with Gasteiger partial charge in [-0.1, -0.05) is 24.3 Å². The van der Waals surface area contributed by atoms with Gasteiger partial charge < -0.3 is 4.74 Å². The Morgan fingerprint density at radius 2 is 1.55 bits per heavy atom. The van der Waals surface area contributed by atoms with Crippen LogP contribution in [-0.4, -0.2) is 12.4 Å². The van der Waals surface area contributed by atoms with Crippen LogP contribution < -0.4 is 4.74 Å². The molecule has 0 radical (unpaired) electrons. The van der Waals surface area contributed by atoms with Crippen LogP contribution in [0.1, 0.15) is 12.8 Å². The highest BCUT2D eigenvalue weighted by atomic mass is 79.9. The van der Waals surface area contributed by atoms with Crippen molar-refractivity contribution in [1.82, 2.24) is 0 Å². The molecule has 0 amide bonds. The molecule has 0 saturated heterocycles. The zero-order chi connectivity index (χ0) is 14.2. The molecule has 20 heavy (non-hydrogen) atoms. The van der Waals surface area contributed by atoms with Gasteiger partial charge in [-0.15, -0.1) is 11.8 Å². The fourth-order valence-corrected chi connectivity index (χ4v) is 3.67. The summed E-state index contributed by atoms with van der Waals surface area (Å²) in [5.74, 6) is 2.04. The smallest absolute Gasteiger partial charge is 0.133 e. The van der Waals surface area contributed by atoms with E-state index in [0.29, 0.717) is 0 Å². The first kappa shape index (κ1) is 15.9. The molecule has 0 aromatic heterocycles. The Hall–Kier alpha value is -0.450. The predicted octanol–water partition coefficient (Wildman–Crippen LogP) is 6.16. The lowest BCUT2D eigenvalue weighted by Crippen LogP contribution is -1.98. The van der Waals surface area contributed by atoms with Crippen LogP contribution in [0.5, 0.6) is 5.75 Å². The van der Waals surface area contributed by atoms with Gasteiger partial charge in [0.15, 0.2) is 0 Å². The van der Waals surface area contributed by atoms with E-state index in [1.165, 1.54) is 9.37 Å². The second kappa shape index (κ2) is 8.75. The molecular weight excluding hydrogens is 400 g/mol. The maximum Gasteiger partial charge on any atom is 0.133 e. The molecule has 0 bridgehead atoms. The summed E-state index contributed by atoms with van der Waals surface area (Å²) < 4.78 is 7.94. The first-order valence-electron chi connectivity index (χ1n) is 6.52. The predicted molar refractivity (Wildman–Crippen MR) is 93.7 cm³/mol. The van der Waals surface area contributed by atoms with Crippen molar-refractivity contribution in [2.24, 2.45) is 0 Å². The number of rotatable bonds is 7. The average molecular weight is 416 g/mol. The summed E-state index contributed by atoms with van der Waals surface area (Å²) in [6.45, 7) is 0.763. The molecule has 0 atom stereocenters. The van der Waals surface area contributed by atoms with Gasteiger partial charge in [-0.05, 0) is 74.7 Å². The maximum absolute atomic E-state index is 5.75. The molecule has 0 unspecified atom stereocenters. The van der Waals surface area contributed by atoms with Crippen molar-refractivity contribution in [2.45, 2.75) is 17.7 Å². The molecule has 0 aliphatic rings. The van der Waals surface area contributed by atoms with Gasteiger partial charge in [0.25, 0.3) is 0 Å². The van der Waals surface area contributed by atoms with E-state index in [9.17, 15) is 0 Å². The number of ether oxygens (including phenoxy) is 1. The molecule has 1 nitrogen and oxygen atoms in total. The zero-order valence-corrected chi connectivity index (χ0v) is 15.0. The van der Waals surface area contributed by atoms with Gasteiger partial charge in [-0.3, -0.25) is 0 Å². The van der Waals surface area contributed by atoms with E-state index in [4.69, 9.17) is 4.74 Å². The van der Waals surface area contributed by atoms with Crippen molar-refractivity contribution in [3.63, 3.8) is 0 Å². The minimum Gasteiger partial charge on any atom is -0.492 e. The fourth-order valence-electron chi connectivity index (χ4n) is 1.69. The first-order chi connectivity index (χ1) is 9.77. The van der Waals surface area contributed by atoms with E-state index < -0.39 is 0 Å². The van der Waals surface area contributed by atoms with Gasteiger partial charge in [0.1, 0.15) is 5.75 Å². The minimum absolute atomic E-state index is 0.763. The number of benzene rings is 2. The Morgan fingerprint density at radius 3 is 2.30 bits per heavy atom. The van der Waals surface area contributed by atoms with Gasteiger partial charge in [-0.2, -0.15) is 0 Å². The molecular formula is C16H16Br2OS. The van der Waals surface area contributed by atoms with Crippen molar-refractivity contribution in [3.05, 3.63) is 57.5 Å². The molecule has 2 aromatic carbocycles. The maximum atomic E-state index is 5.75. The second-order valence-electron chi connectivity index (χ2n) is 4.26. The van der Waals surface area contributed by atoms with Crippen molar-refractivity contribution in [1.29, 1.82) is 0 Å². The van der Waals surface area contributed by atoms with Crippen LogP contribution in [0.3, 0.4) is 0 Å². The van der Waals surface area contributed by atoms with Crippen LogP contribution in [0.25, 0.3) is 0 Å². The molecule has 2 aromatic rings. The van der Waals surface area contributed by atoms with E-state index in [-0.39, 0.29) is 0 Å². The zero-order valence-electron chi connectivity index (χ0n) is 11.0. The topological polar surface area (TPSA) is 9.23 Å². The Labute approximate surface area is 141 Å². The third-order valence-electron chi connectivity index (χ3n) is 2.73. The van der Waals surface area contributed by atoms with Crippen molar-refractivity contribution in [2.75, 3.05) is 12.4 Å². The van der Waals surface area contributed by atoms with Crippen molar-refractivity contribution >= 4 is 43.6 Å². The summed E-state index contributed by atoms with van der Waals surface area (Å²) >= 11 is 8.94. The van der Waals surface area contributed by atoms with Crippen LogP contribution in [0.15, 0.2) is 62.4 Å². The minimum atomic E-state index is 0.763.